The van der Waals surface area contributed by atoms with Crippen LogP contribution in [0.2, 0.25) is 0 Å². The zero-order valence-corrected chi connectivity index (χ0v) is 20.3. The zero-order chi connectivity index (χ0) is 28.2. The summed E-state index contributed by atoms with van der Waals surface area (Å²) >= 11 is 0. The molecule has 0 N–H and O–H groups in total. The number of hydrogen-bond donors (Lipinski definition) is 0. The van der Waals surface area contributed by atoms with Gasteiger partial charge in [-0.1, -0.05) is 26.3 Å². The predicted octanol–water partition coefficient (Wildman–Crippen LogP) is 4.06. The van der Waals surface area contributed by atoms with Crippen molar-refractivity contribution in [2.24, 2.45) is 0 Å². The van der Waals surface area contributed by atoms with Crippen LogP contribution in [0.15, 0.2) is 93.1 Å². The minimum atomic E-state index is -0.867. The van der Waals surface area contributed by atoms with Crippen LogP contribution in [0.3, 0.4) is 0 Å². The minimum Gasteiger partial charge on any atom is -0.423 e. The third kappa shape index (κ3) is 8.93. The largest absolute Gasteiger partial charge is 0.423 e. The van der Waals surface area contributed by atoms with Crippen LogP contribution in [0.4, 0.5) is 0 Å². The Morgan fingerprint density at radius 2 is 0.763 bits per heavy atom. The summed E-state index contributed by atoms with van der Waals surface area (Å²) in [7, 11) is 0. The van der Waals surface area contributed by atoms with Crippen molar-refractivity contribution < 1.29 is 47.7 Å². The third-order valence-corrected chi connectivity index (χ3v) is 4.28. The molecule has 0 aliphatic rings. The molecule has 10 heteroatoms. The normalized spacial score (nSPS) is 10.3. The summed E-state index contributed by atoms with van der Waals surface area (Å²) in [5.41, 5.74) is 0.674. The standard InChI is InChI=1S/C28H22O10/c1-6-24(29)34-19-11-18(12-20(13-19)35-25(30)7-2)17(5)10-28(33)38-23-15-21(36-26(31)8-3)14-22(16-23)37-27(32)9-4/h6-16H,1-4H2,5H3/b17-10+. The van der Waals surface area contributed by atoms with E-state index in [0.717, 1.165) is 30.4 Å². The average Bonchev–Trinajstić information content (AvgIpc) is 2.87. The van der Waals surface area contributed by atoms with Crippen molar-refractivity contribution in [3.63, 3.8) is 0 Å². The van der Waals surface area contributed by atoms with E-state index < -0.39 is 29.8 Å². The Morgan fingerprint density at radius 3 is 1.05 bits per heavy atom. The van der Waals surface area contributed by atoms with Gasteiger partial charge in [-0.2, -0.15) is 0 Å². The van der Waals surface area contributed by atoms with Gasteiger partial charge in [0.1, 0.15) is 28.7 Å². The highest BCUT2D eigenvalue weighted by Crippen LogP contribution is 2.30. The van der Waals surface area contributed by atoms with Crippen LogP contribution < -0.4 is 23.7 Å². The van der Waals surface area contributed by atoms with Crippen LogP contribution in [-0.4, -0.2) is 29.8 Å². The SMILES string of the molecule is C=CC(=O)Oc1cc(OC(=O)C=C)cc(OC(=O)/C=C(\C)c2cc(OC(=O)C=C)cc(OC(=O)C=C)c2)c1. The Morgan fingerprint density at radius 1 is 0.500 bits per heavy atom. The quantitative estimate of drug-likeness (QED) is 0.244. The van der Waals surface area contributed by atoms with Gasteiger partial charge in [0.15, 0.2) is 0 Å². The van der Waals surface area contributed by atoms with Crippen LogP contribution in [0, 0.1) is 0 Å². The molecule has 0 aromatic heterocycles. The maximum Gasteiger partial charge on any atom is 0.336 e. The molecule has 2 aromatic carbocycles. The summed E-state index contributed by atoms with van der Waals surface area (Å²) in [5.74, 6) is -4.22. The lowest BCUT2D eigenvalue weighted by Gasteiger charge is -2.11. The zero-order valence-electron chi connectivity index (χ0n) is 20.3. The van der Waals surface area contributed by atoms with Crippen molar-refractivity contribution in [2.75, 3.05) is 0 Å². The summed E-state index contributed by atoms with van der Waals surface area (Å²) < 4.78 is 25.5. The van der Waals surface area contributed by atoms with Crippen molar-refractivity contribution in [1.29, 1.82) is 0 Å². The van der Waals surface area contributed by atoms with Crippen molar-refractivity contribution in [1.82, 2.24) is 0 Å². The molecule has 0 radical (unpaired) electrons. The second-order valence-corrected chi connectivity index (χ2v) is 7.08. The molecule has 0 saturated carbocycles. The molecule has 0 atom stereocenters. The number of esters is 5. The number of carbonyl (C=O) groups is 5. The van der Waals surface area contributed by atoms with Gasteiger partial charge in [0.2, 0.25) is 0 Å². The molecule has 0 bridgehead atoms. The first-order valence-electron chi connectivity index (χ1n) is 10.6. The monoisotopic (exact) mass is 518 g/mol. The van der Waals surface area contributed by atoms with Crippen molar-refractivity contribution in [3.05, 3.63) is 98.7 Å². The minimum absolute atomic E-state index is 0.0193. The maximum absolute atomic E-state index is 12.6. The molecule has 194 valence electrons. The second kappa shape index (κ2) is 13.5. The molecule has 0 aliphatic carbocycles. The Hall–Kier alpha value is -5.51. The molecule has 2 aromatic rings. The Labute approximate surface area is 217 Å². The lowest BCUT2D eigenvalue weighted by molar-refractivity contribution is -0.130. The molecule has 0 heterocycles. The van der Waals surface area contributed by atoms with Gasteiger partial charge >= 0.3 is 29.8 Å². The molecule has 0 saturated heterocycles. The molecule has 0 aliphatic heterocycles. The van der Waals surface area contributed by atoms with Gasteiger partial charge in [0.05, 0.1) is 0 Å². The van der Waals surface area contributed by atoms with E-state index in [9.17, 15) is 24.0 Å². The van der Waals surface area contributed by atoms with Gasteiger partial charge in [0, 0.05) is 54.6 Å². The summed E-state index contributed by atoms with van der Waals surface area (Å²) in [6.07, 6.45) is 4.83. The Kier molecular flexibility index (Phi) is 10.2. The van der Waals surface area contributed by atoms with Gasteiger partial charge in [-0.25, -0.2) is 24.0 Å². The van der Waals surface area contributed by atoms with Crippen LogP contribution in [0.5, 0.6) is 28.7 Å². The van der Waals surface area contributed by atoms with Crippen LogP contribution in [0.1, 0.15) is 12.5 Å². The first kappa shape index (κ1) is 28.7. The highest BCUT2D eigenvalue weighted by atomic mass is 16.6. The molecule has 10 nitrogen and oxygen atoms in total. The number of ether oxygens (including phenoxy) is 5. The number of benzene rings is 2. The van der Waals surface area contributed by atoms with E-state index >= 15 is 0 Å². The maximum atomic E-state index is 12.6. The van der Waals surface area contributed by atoms with E-state index in [0.29, 0.717) is 11.1 Å². The first-order chi connectivity index (χ1) is 18.1. The fourth-order valence-corrected chi connectivity index (χ4v) is 2.68. The topological polar surface area (TPSA) is 132 Å². The molecule has 0 amide bonds. The number of allylic oxidation sites excluding steroid dienone is 1. The van der Waals surface area contributed by atoms with Gasteiger partial charge in [-0.3, -0.25) is 0 Å². The van der Waals surface area contributed by atoms with Crippen molar-refractivity contribution >= 4 is 35.4 Å². The van der Waals surface area contributed by atoms with Gasteiger partial charge < -0.3 is 23.7 Å². The second-order valence-electron chi connectivity index (χ2n) is 7.08. The lowest BCUT2D eigenvalue weighted by atomic mass is 10.1. The number of hydrogen-bond acceptors (Lipinski definition) is 10. The molecular formula is C28H22O10. The molecule has 0 fully saturated rings. The smallest absolute Gasteiger partial charge is 0.336 e. The van der Waals surface area contributed by atoms with Crippen molar-refractivity contribution in [3.8, 4) is 28.7 Å². The van der Waals surface area contributed by atoms with E-state index in [1.165, 1.54) is 36.4 Å². The molecular weight excluding hydrogens is 496 g/mol. The summed E-state index contributed by atoms with van der Waals surface area (Å²) in [6.45, 7) is 14.8. The predicted molar refractivity (Wildman–Crippen MR) is 135 cm³/mol. The van der Waals surface area contributed by atoms with E-state index in [-0.39, 0.29) is 28.7 Å². The first-order valence-corrected chi connectivity index (χ1v) is 10.6. The molecule has 0 spiro atoms. The summed E-state index contributed by atoms with van der Waals surface area (Å²) in [6, 6.07) is 7.80. The van der Waals surface area contributed by atoms with E-state index in [4.69, 9.17) is 23.7 Å². The van der Waals surface area contributed by atoms with Crippen LogP contribution in [0.25, 0.3) is 5.57 Å². The van der Waals surface area contributed by atoms with Crippen LogP contribution >= 0.6 is 0 Å². The van der Waals surface area contributed by atoms with E-state index in [1.54, 1.807) is 6.92 Å². The molecule has 0 unspecified atom stereocenters. The van der Waals surface area contributed by atoms with Crippen LogP contribution in [-0.2, 0) is 24.0 Å². The summed E-state index contributed by atoms with van der Waals surface area (Å²) in [4.78, 5) is 59.1. The molecule has 2 rings (SSSR count). The highest BCUT2D eigenvalue weighted by Gasteiger charge is 2.14. The number of carbonyl (C=O) groups excluding carboxylic acids is 5. The van der Waals surface area contributed by atoms with E-state index in [2.05, 4.69) is 26.3 Å². The average molecular weight is 518 g/mol. The van der Waals surface area contributed by atoms with E-state index in [1.807, 2.05) is 0 Å². The highest BCUT2D eigenvalue weighted by molar-refractivity contribution is 5.93. The number of rotatable bonds is 11. The summed E-state index contributed by atoms with van der Waals surface area (Å²) in [5, 5.41) is 0. The lowest BCUT2D eigenvalue weighted by Crippen LogP contribution is -2.09. The Bertz CT molecular complexity index is 1280. The van der Waals surface area contributed by atoms with Gasteiger partial charge in [-0.05, 0) is 30.2 Å². The van der Waals surface area contributed by atoms with Gasteiger partial charge in [-0.15, -0.1) is 0 Å². The van der Waals surface area contributed by atoms with Gasteiger partial charge in [0.25, 0.3) is 0 Å². The fraction of sp³-hybridized carbons (Fsp3) is 0.0357. The molecule has 38 heavy (non-hydrogen) atoms. The van der Waals surface area contributed by atoms with Crippen molar-refractivity contribution in [2.45, 2.75) is 6.92 Å². The Balaban J connectivity index is 2.38. The fourth-order valence-electron chi connectivity index (χ4n) is 2.68. The third-order valence-electron chi connectivity index (χ3n) is 4.28.